The third kappa shape index (κ3) is 2.55. The lowest BCUT2D eigenvalue weighted by atomic mass is 10.1. The number of hydrogen-bond acceptors (Lipinski definition) is 4. The van der Waals surface area contributed by atoms with E-state index in [4.69, 9.17) is 0 Å². The summed E-state index contributed by atoms with van der Waals surface area (Å²) >= 11 is 0. The number of sulfonamides is 1. The molecule has 0 saturated heterocycles. The zero-order valence-electron chi connectivity index (χ0n) is 12.8. The van der Waals surface area contributed by atoms with E-state index in [1.54, 1.807) is 62.6 Å². The van der Waals surface area contributed by atoms with Crippen LogP contribution in [0.5, 0.6) is 0 Å². The molecule has 6 heteroatoms. The molecular formula is C17H16N2O3S. The molecule has 3 rings (SSSR count). The second kappa shape index (κ2) is 5.62. The third-order valence-electron chi connectivity index (χ3n) is 3.62. The van der Waals surface area contributed by atoms with Crippen molar-refractivity contribution in [3.8, 4) is 0 Å². The van der Waals surface area contributed by atoms with Gasteiger partial charge in [-0.25, -0.2) is 8.42 Å². The van der Waals surface area contributed by atoms with Crippen molar-refractivity contribution >= 4 is 21.9 Å². The van der Waals surface area contributed by atoms with Crippen LogP contribution in [0.1, 0.15) is 29.8 Å². The molecule has 1 aliphatic heterocycles. The molecule has 1 aliphatic rings. The summed E-state index contributed by atoms with van der Waals surface area (Å²) in [6, 6.07) is 9.40. The van der Waals surface area contributed by atoms with Crippen LogP contribution in [0.4, 0.5) is 0 Å². The average Bonchev–Trinajstić information content (AvgIpc) is 2.53. The Balaban J connectivity index is 2.27. The number of ketones is 1. The Hall–Kier alpha value is -2.47. The minimum Gasteiger partial charge on any atom is -0.287 e. The first kappa shape index (κ1) is 15.4. The number of hydrogen-bond donors (Lipinski definition) is 0. The van der Waals surface area contributed by atoms with Crippen LogP contribution in [0.2, 0.25) is 0 Å². The first-order valence-corrected chi connectivity index (χ1v) is 8.67. The SMILES string of the molecule is CC(C)N1/C(=C/c2ccncc2)C(=O)c2ccccc2S1(=O)=O. The molecule has 0 unspecified atom stereocenters. The van der Waals surface area contributed by atoms with E-state index in [0.29, 0.717) is 0 Å². The number of aromatic nitrogens is 1. The molecule has 2 heterocycles. The summed E-state index contributed by atoms with van der Waals surface area (Å²) in [5.41, 5.74) is 1.10. The van der Waals surface area contributed by atoms with E-state index < -0.39 is 10.0 Å². The molecule has 1 aromatic carbocycles. The van der Waals surface area contributed by atoms with Gasteiger partial charge < -0.3 is 0 Å². The maximum Gasteiger partial charge on any atom is 0.265 e. The number of nitrogens with zero attached hydrogens (tertiary/aromatic N) is 2. The molecule has 2 aromatic rings. The molecule has 0 amide bonds. The van der Waals surface area contributed by atoms with E-state index in [-0.39, 0.29) is 28.0 Å². The van der Waals surface area contributed by atoms with Gasteiger partial charge in [0.2, 0.25) is 5.78 Å². The van der Waals surface area contributed by atoms with E-state index >= 15 is 0 Å². The van der Waals surface area contributed by atoms with Gasteiger partial charge in [0.05, 0.1) is 4.90 Å². The summed E-state index contributed by atoms with van der Waals surface area (Å²) in [5, 5.41) is 0. The molecule has 0 spiro atoms. The van der Waals surface area contributed by atoms with Crippen molar-refractivity contribution in [2.24, 2.45) is 0 Å². The number of carbonyl (C=O) groups is 1. The predicted octanol–water partition coefficient (Wildman–Crippen LogP) is 2.72. The van der Waals surface area contributed by atoms with E-state index in [2.05, 4.69) is 4.98 Å². The summed E-state index contributed by atoms with van der Waals surface area (Å²) in [6.07, 6.45) is 4.79. The molecule has 118 valence electrons. The number of carbonyl (C=O) groups excluding carboxylic acids is 1. The van der Waals surface area contributed by atoms with Crippen LogP contribution in [0.15, 0.2) is 59.4 Å². The van der Waals surface area contributed by atoms with Crippen molar-refractivity contribution in [2.45, 2.75) is 24.8 Å². The zero-order valence-corrected chi connectivity index (χ0v) is 13.6. The van der Waals surface area contributed by atoms with Gasteiger partial charge in [0.25, 0.3) is 10.0 Å². The standard InChI is InChI=1S/C17H16N2O3S/c1-12(2)19-15(11-13-7-9-18-10-8-13)17(20)14-5-3-4-6-16(14)23(19,21)22/h3-12H,1-2H3/b15-11+. The fraction of sp³-hybridized carbons (Fsp3) is 0.176. The van der Waals surface area contributed by atoms with Crippen molar-refractivity contribution in [2.75, 3.05) is 0 Å². The second-order valence-corrected chi connectivity index (χ2v) is 7.31. The lowest BCUT2D eigenvalue weighted by Gasteiger charge is -2.34. The molecule has 23 heavy (non-hydrogen) atoms. The summed E-state index contributed by atoms with van der Waals surface area (Å²) < 4.78 is 27.0. The molecule has 5 nitrogen and oxygen atoms in total. The summed E-state index contributed by atoms with van der Waals surface area (Å²) in [5.74, 6) is -0.291. The molecular weight excluding hydrogens is 312 g/mol. The van der Waals surface area contributed by atoms with Gasteiger partial charge in [0.15, 0.2) is 0 Å². The topological polar surface area (TPSA) is 67.3 Å². The van der Waals surface area contributed by atoms with Crippen molar-refractivity contribution in [3.05, 3.63) is 65.6 Å². The van der Waals surface area contributed by atoms with Crippen LogP contribution < -0.4 is 0 Å². The van der Waals surface area contributed by atoms with Crippen molar-refractivity contribution < 1.29 is 13.2 Å². The van der Waals surface area contributed by atoms with Gasteiger partial charge in [-0.15, -0.1) is 0 Å². The molecule has 1 aromatic heterocycles. The quantitative estimate of drug-likeness (QED) is 0.795. The smallest absolute Gasteiger partial charge is 0.265 e. The van der Waals surface area contributed by atoms with Crippen LogP contribution in [-0.4, -0.2) is 29.5 Å². The highest BCUT2D eigenvalue weighted by Gasteiger charge is 2.40. The van der Waals surface area contributed by atoms with Gasteiger partial charge in [-0.05, 0) is 49.8 Å². The fourth-order valence-electron chi connectivity index (χ4n) is 2.66. The van der Waals surface area contributed by atoms with Crippen LogP contribution >= 0.6 is 0 Å². The molecule has 0 N–H and O–H groups in total. The lowest BCUT2D eigenvalue weighted by Crippen LogP contribution is -2.43. The first-order valence-electron chi connectivity index (χ1n) is 7.23. The summed E-state index contributed by atoms with van der Waals surface area (Å²) in [6.45, 7) is 3.50. The van der Waals surface area contributed by atoms with Crippen molar-refractivity contribution in [1.29, 1.82) is 0 Å². The zero-order chi connectivity index (χ0) is 16.6. The predicted molar refractivity (Wildman–Crippen MR) is 87.1 cm³/mol. The maximum absolute atomic E-state index is 12.9. The van der Waals surface area contributed by atoms with E-state index in [9.17, 15) is 13.2 Å². The monoisotopic (exact) mass is 328 g/mol. The van der Waals surface area contributed by atoms with E-state index in [1.807, 2.05) is 0 Å². The number of rotatable bonds is 2. The highest BCUT2D eigenvalue weighted by Crippen LogP contribution is 2.34. The van der Waals surface area contributed by atoms with Gasteiger partial charge in [0.1, 0.15) is 5.70 Å². The number of fused-ring (bicyclic) bond motifs is 1. The van der Waals surface area contributed by atoms with Gasteiger partial charge in [-0.3, -0.25) is 14.1 Å². The molecule has 0 fully saturated rings. The Morgan fingerprint density at radius 2 is 1.74 bits per heavy atom. The minimum atomic E-state index is -3.76. The molecule has 0 radical (unpaired) electrons. The average molecular weight is 328 g/mol. The van der Waals surface area contributed by atoms with Gasteiger partial charge in [0, 0.05) is 24.0 Å². The first-order chi connectivity index (χ1) is 10.9. The Labute approximate surface area is 135 Å². The molecule has 0 bridgehead atoms. The Morgan fingerprint density at radius 3 is 2.39 bits per heavy atom. The molecule has 0 saturated carbocycles. The summed E-state index contributed by atoms with van der Waals surface area (Å²) in [7, 11) is -3.76. The normalized spacial score (nSPS) is 18.3. The van der Waals surface area contributed by atoms with Crippen LogP contribution in [0.25, 0.3) is 6.08 Å². The summed E-state index contributed by atoms with van der Waals surface area (Å²) in [4.78, 5) is 16.8. The van der Waals surface area contributed by atoms with Crippen molar-refractivity contribution in [3.63, 3.8) is 0 Å². The van der Waals surface area contributed by atoms with E-state index in [1.165, 1.54) is 10.4 Å². The molecule has 0 aliphatic carbocycles. The van der Waals surface area contributed by atoms with Gasteiger partial charge in [-0.2, -0.15) is 0 Å². The Morgan fingerprint density at radius 1 is 1.09 bits per heavy atom. The van der Waals surface area contributed by atoms with Crippen LogP contribution in [0, 0.1) is 0 Å². The fourth-order valence-corrected chi connectivity index (χ4v) is 4.51. The Bertz CT molecular complexity index is 887. The second-order valence-electron chi connectivity index (χ2n) is 5.53. The number of allylic oxidation sites excluding steroid dienone is 1. The minimum absolute atomic E-state index is 0.0607. The highest BCUT2D eigenvalue weighted by molar-refractivity contribution is 7.89. The van der Waals surface area contributed by atoms with Gasteiger partial charge >= 0.3 is 0 Å². The third-order valence-corrected chi connectivity index (χ3v) is 5.67. The van der Waals surface area contributed by atoms with Crippen LogP contribution in [-0.2, 0) is 10.0 Å². The lowest BCUT2D eigenvalue weighted by molar-refractivity contribution is 0.0996. The van der Waals surface area contributed by atoms with Crippen molar-refractivity contribution in [1.82, 2.24) is 9.29 Å². The highest BCUT2D eigenvalue weighted by atomic mass is 32.2. The maximum atomic E-state index is 12.9. The van der Waals surface area contributed by atoms with Crippen LogP contribution in [0.3, 0.4) is 0 Å². The number of pyridine rings is 1. The number of benzene rings is 1. The number of Topliss-reactive ketones (excluding diaryl/α,β-unsaturated/α-hetero) is 1. The van der Waals surface area contributed by atoms with E-state index in [0.717, 1.165) is 5.56 Å². The largest absolute Gasteiger partial charge is 0.287 e. The molecule has 0 atom stereocenters. The van der Waals surface area contributed by atoms with Gasteiger partial charge in [-0.1, -0.05) is 12.1 Å². The Kier molecular flexibility index (Phi) is 3.77.